The molecule has 0 saturated carbocycles. The second-order valence-corrected chi connectivity index (χ2v) is 7.71. The summed E-state index contributed by atoms with van der Waals surface area (Å²) in [5.74, 6) is -0.399. The smallest absolute Gasteiger partial charge is 0.266 e. The van der Waals surface area contributed by atoms with Crippen LogP contribution >= 0.6 is 15.9 Å². The van der Waals surface area contributed by atoms with E-state index in [4.69, 9.17) is 0 Å². The van der Waals surface area contributed by atoms with Crippen molar-refractivity contribution in [2.24, 2.45) is 5.41 Å². The van der Waals surface area contributed by atoms with Crippen LogP contribution in [0.2, 0.25) is 0 Å². The molecule has 1 aromatic rings. The van der Waals surface area contributed by atoms with Crippen molar-refractivity contribution in [1.29, 1.82) is 0 Å². The minimum atomic E-state index is -3.80. The molecule has 1 aromatic carbocycles. The van der Waals surface area contributed by atoms with Gasteiger partial charge in [0.05, 0.1) is 16.9 Å². The van der Waals surface area contributed by atoms with Gasteiger partial charge in [-0.05, 0) is 43.5 Å². The SMILES string of the molecule is Cc1ccc(S(=O)(=O)N2C/C(=C/Br)C(C)(C)C2=O)cc1. The van der Waals surface area contributed by atoms with Crippen LogP contribution in [0.15, 0.2) is 39.7 Å². The van der Waals surface area contributed by atoms with Crippen LogP contribution in [0.3, 0.4) is 0 Å². The van der Waals surface area contributed by atoms with E-state index in [0.717, 1.165) is 15.4 Å². The first-order valence-corrected chi connectivity index (χ1v) is 8.50. The number of hydrogen-bond donors (Lipinski definition) is 0. The monoisotopic (exact) mass is 357 g/mol. The van der Waals surface area contributed by atoms with Crippen LogP contribution in [-0.4, -0.2) is 25.2 Å². The summed E-state index contributed by atoms with van der Waals surface area (Å²) in [6, 6.07) is 6.50. The Balaban J connectivity index is 2.47. The fraction of sp³-hybridized carbons (Fsp3) is 0.357. The van der Waals surface area contributed by atoms with Gasteiger partial charge in [0.2, 0.25) is 5.91 Å². The first kappa shape index (κ1) is 15.3. The van der Waals surface area contributed by atoms with Gasteiger partial charge in [-0.3, -0.25) is 4.79 Å². The van der Waals surface area contributed by atoms with E-state index >= 15 is 0 Å². The van der Waals surface area contributed by atoms with Gasteiger partial charge in [0.1, 0.15) is 0 Å². The fourth-order valence-electron chi connectivity index (χ4n) is 2.08. The summed E-state index contributed by atoms with van der Waals surface area (Å²) in [6.07, 6.45) is 0. The van der Waals surface area contributed by atoms with E-state index in [1.165, 1.54) is 12.1 Å². The molecular weight excluding hydrogens is 342 g/mol. The number of benzene rings is 1. The van der Waals surface area contributed by atoms with E-state index in [2.05, 4.69) is 15.9 Å². The lowest BCUT2D eigenvalue weighted by atomic mass is 9.88. The molecular formula is C14H16BrNO3S. The van der Waals surface area contributed by atoms with E-state index in [0.29, 0.717) is 0 Å². The van der Waals surface area contributed by atoms with Gasteiger partial charge in [0.15, 0.2) is 0 Å². The van der Waals surface area contributed by atoms with E-state index in [9.17, 15) is 13.2 Å². The first-order chi connectivity index (χ1) is 9.21. The Kier molecular flexibility index (Phi) is 3.81. The summed E-state index contributed by atoms with van der Waals surface area (Å²) in [5, 5.41) is 0. The molecule has 108 valence electrons. The summed E-state index contributed by atoms with van der Waals surface area (Å²) in [5.41, 5.74) is 0.914. The number of halogens is 1. The third-order valence-electron chi connectivity index (χ3n) is 3.62. The molecule has 1 saturated heterocycles. The number of amides is 1. The van der Waals surface area contributed by atoms with Crippen molar-refractivity contribution in [2.75, 3.05) is 6.54 Å². The minimum absolute atomic E-state index is 0.0906. The van der Waals surface area contributed by atoms with Crippen molar-refractivity contribution in [1.82, 2.24) is 4.31 Å². The molecule has 0 spiro atoms. The Morgan fingerprint density at radius 2 is 1.80 bits per heavy atom. The summed E-state index contributed by atoms with van der Waals surface area (Å²) >= 11 is 3.20. The molecule has 4 nitrogen and oxygen atoms in total. The van der Waals surface area contributed by atoms with E-state index in [1.54, 1.807) is 31.0 Å². The Morgan fingerprint density at radius 1 is 1.25 bits per heavy atom. The lowest BCUT2D eigenvalue weighted by Crippen LogP contribution is -2.36. The number of nitrogens with zero attached hydrogens (tertiary/aromatic N) is 1. The largest absolute Gasteiger partial charge is 0.273 e. The standard InChI is InChI=1S/C14H16BrNO3S/c1-10-4-6-12(7-5-10)20(18,19)16-9-11(8-15)14(2,3)13(16)17/h4-8H,9H2,1-3H3/b11-8-. The predicted molar refractivity (Wildman–Crippen MR) is 80.9 cm³/mol. The van der Waals surface area contributed by atoms with Gasteiger partial charge in [-0.25, -0.2) is 12.7 Å². The normalized spacial score (nSPS) is 20.7. The van der Waals surface area contributed by atoms with Crippen molar-refractivity contribution < 1.29 is 13.2 Å². The molecule has 0 bridgehead atoms. The lowest BCUT2D eigenvalue weighted by Gasteiger charge is -2.19. The van der Waals surface area contributed by atoms with Crippen molar-refractivity contribution in [3.05, 3.63) is 40.4 Å². The third-order valence-corrected chi connectivity index (χ3v) is 5.91. The van der Waals surface area contributed by atoms with Gasteiger partial charge in [-0.1, -0.05) is 33.6 Å². The van der Waals surface area contributed by atoms with Crippen molar-refractivity contribution in [2.45, 2.75) is 25.7 Å². The number of carbonyl (C=O) groups excluding carboxylic acids is 1. The molecule has 1 aliphatic rings. The van der Waals surface area contributed by atoms with Gasteiger partial charge in [-0.15, -0.1) is 0 Å². The van der Waals surface area contributed by atoms with Crippen LogP contribution in [-0.2, 0) is 14.8 Å². The Morgan fingerprint density at radius 3 is 2.25 bits per heavy atom. The van der Waals surface area contributed by atoms with Crippen LogP contribution in [0.1, 0.15) is 19.4 Å². The summed E-state index contributed by atoms with van der Waals surface area (Å²) < 4.78 is 26.1. The van der Waals surface area contributed by atoms with Crippen LogP contribution in [0.4, 0.5) is 0 Å². The zero-order valence-corrected chi connectivity index (χ0v) is 14.0. The number of rotatable bonds is 2. The van der Waals surface area contributed by atoms with Gasteiger partial charge in [0, 0.05) is 0 Å². The fourth-order valence-corrected chi connectivity index (χ4v) is 4.28. The van der Waals surface area contributed by atoms with Crippen molar-refractivity contribution in [3.63, 3.8) is 0 Å². The van der Waals surface area contributed by atoms with Gasteiger partial charge < -0.3 is 0 Å². The molecule has 0 aliphatic carbocycles. The minimum Gasteiger partial charge on any atom is -0.273 e. The summed E-state index contributed by atoms with van der Waals surface area (Å²) in [6.45, 7) is 5.43. The average molecular weight is 358 g/mol. The number of sulfonamides is 1. The Hall–Kier alpha value is -1.14. The molecule has 0 unspecified atom stereocenters. The van der Waals surface area contributed by atoms with Gasteiger partial charge in [-0.2, -0.15) is 0 Å². The Labute approximate surface area is 127 Å². The number of aryl methyl sites for hydroxylation is 1. The maximum Gasteiger partial charge on any atom is 0.266 e. The number of carbonyl (C=O) groups is 1. The zero-order valence-electron chi connectivity index (χ0n) is 11.6. The maximum absolute atomic E-state index is 12.6. The average Bonchev–Trinajstić information content (AvgIpc) is 2.61. The van der Waals surface area contributed by atoms with E-state index in [-0.39, 0.29) is 11.4 Å². The molecule has 0 radical (unpaired) electrons. The second-order valence-electron chi connectivity index (χ2n) is 5.39. The van der Waals surface area contributed by atoms with Crippen LogP contribution < -0.4 is 0 Å². The maximum atomic E-state index is 12.6. The highest BCUT2D eigenvalue weighted by Crippen LogP contribution is 2.39. The highest BCUT2D eigenvalue weighted by Gasteiger charge is 2.48. The first-order valence-electron chi connectivity index (χ1n) is 6.15. The molecule has 2 rings (SSSR count). The lowest BCUT2D eigenvalue weighted by molar-refractivity contribution is -0.129. The van der Waals surface area contributed by atoms with E-state index < -0.39 is 21.3 Å². The predicted octanol–water partition coefficient (Wildman–Crippen LogP) is 2.83. The van der Waals surface area contributed by atoms with Crippen LogP contribution in [0, 0.1) is 12.3 Å². The van der Waals surface area contributed by atoms with Crippen LogP contribution in [0.5, 0.6) is 0 Å². The zero-order chi connectivity index (χ0) is 15.1. The highest BCUT2D eigenvalue weighted by molar-refractivity contribution is 9.11. The Bertz CT molecular complexity index is 675. The van der Waals surface area contributed by atoms with Gasteiger partial charge in [0.25, 0.3) is 10.0 Å². The van der Waals surface area contributed by atoms with Gasteiger partial charge >= 0.3 is 0 Å². The van der Waals surface area contributed by atoms with Crippen molar-refractivity contribution in [3.8, 4) is 0 Å². The molecule has 0 atom stereocenters. The molecule has 0 aromatic heterocycles. The molecule has 1 aliphatic heterocycles. The molecule has 1 fully saturated rings. The number of hydrogen-bond acceptors (Lipinski definition) is 3. The quantitative estimate of drug-likeness (QED) is 0.817. The summed E-state index contributed by atoms with van der Waals surface area (Å²) in [4.78, 5) is 14.1. The second kappa shape index (κ2) is 5.00. The van der Waals surface area contributed by atoms with Crippen molar-refractivity contribution >= 4 is 31.9 Å². The van der Waals surface area contributed by atoms with E-state index in [1.807, 2.05) is 6.92 Å². The topological polar surface area (TPSA) is 54.5 Å². The third kappa shape index (κ3) is 2.31. The molecule has 6 heteroatoms. The molecule has 1 heterocycles. The molecule has 20 heavy (non-hydrogen) atoms. The summed E-state index contributed by atoms with van der Waals surface area (Å²) in [7, 11) is -3.80. The highest BCUT2D eigenvalue weighted by atomic mass is 79.9. The molecule has 0 N–H and O–H groups in total. The molecule has 1 amide bonds. The van der Waals surface area contributed by atoms with Crippen LogP contribution in [0.25, 0.3) is 0 Å².